The third-order valence-electron chi connectivity index (χ3n) is 4.17. The van der Waals surface area contributed by atoms with E-state index in [1.165, 1.54) is 24.3 Å². The van der Waals surface area contributed by atoms with Gasteiger partial charge < -0.3 is 15.0 Å². The molecule has 1 N–H and O–H groups in total. The Morgan fingerprint density at radius 2 is 1.76 bits per heavy atom. The highest BCUT2D eigenvalue weighted by molar-refractivity contribution is 5.86. The van der Waals surface area contributed by atoms with Gasteiger partial charge in [0.15, 0.2) is 0 Å². The lowest BCUT2D eigenvalue weighted by Gasteiger charge is -2.25. The molecule has 1 heterocycles. The van der Waals surface area contributed by atoms with Gasteiger partial charge in [0.05, 0.1) is 0 Å². The summed E-state index contributed by atoms with van der Waals surface area (Å²) in [6, 6.07) is 10.8. The summed E-state index contributed by atoms with van der Waals surface area (Å²) in [6.07, 6.45) is 0. The fourth-order valence-electron chi connectivity index (χ4n) is 2.91. The molecule has 3 rings (SSSR count). The van der Waals surface area contributed by atoms with Crippen molar-refractivity contribution < 1.29 is 13.5 Å². The van der Waals surface area contributed by atoms with Crippen LogP contribution in [-0.4, -0.2) is 45.2 Å². The van der Waals surface area contributed by atoms with Crippen LogP contribution >= 0.6 is 0 Å². The fourth-order valence-corrected chi connectivity index (χ4v) is 2.91. The summed E-state index contributed by atoms with van der Waals surface area (Å²) in [5.74, 6) is 0.0445. The molecule has 0 saturated carbocycles. The van der Waals surface area contributed by atoms with E-state index >= 15 is 0 Å². The van der Waals surface area contributed by atoms with Crippen LogP contribution in [0, 0.1) is 11.6 Å². The maximum atomic E-state index is 13.8. The van der Waals surface area contributed by atoms with Gasteiger partial charge in [-0.25, -0.2) is 8.78 Å². The molecule has 0 radical (unpaired) electrons. The van der Waals surface area contributed by atoms with E-state index < -0.39 is 0 Å². The second kappa shape index (κ2) is 7.76. The van der Waals surface area contributed by atoms with Crippen molar-refractivity contribution in [3.8, 4) is 5.75 Å². The molecule has 1 aliphatic heterocycles. The average molecular weight is 344 g/mol. The van der Waals surface area contributed by atoms with E-state index in [-0.39, 0.29) is 11.6 Å². The molecule has 25 heavy (non-hydrogen) atoms. The molecule has 132 valence electrons. The molecule has 2 aromatic rings. The van der Waals surface area contributed by atoms with Crippen molar-refractivity contribution in [1.82, 2.24) is 10.2 Å². The Kier molecular flexibility index (Phi) is 5.46. The van der Waals surface area contributed by atoms with Gasteiger partial charge in [-0.15, -0.1) is 0 Å². The van der Waals surface area contributed by atoms with Gasteiger partial charge in [0.2, 0.25) is 0 Å². The smallest absolute Gasteiger partial charge is 0.127 e. The number of likely N-dealkylation sites (N-methyl/N-ethyl adjacent to an activating group) is 1. The van der Waals surface area contributed by atoms with Crippen LogP contribution in [0.25, 0.3) is 5.57 Å². The quantitative estimate of drug-likeness (QED) is 0.814. The summed E-state index contributed by atoms with van der Waals surface area (Å²) in [4.78, 5) is 2.10. The summed E-state index contributed by atoms with van der Waals surface area (Å²) in [7, 11) is 4.04. The molecule has 2 aromatic carbocycles. The average Bonchev–Trinajstić information content (AvgIpc) is 2.59. The minimum atomic E-state index is -0.316. The minimum Gasteiger partial charge on any atom is -0.489 e. The molecule has 0 bridgehead atoms. The van der Waals surface area contributed by atoms with Crippen molar-refractivity contribution in [2.24, 2.45) is 0 Å². The van der Waals surface area contributed by atoms with Crippen LogP contribution in [0.2, 0.25) is 0 Å². The van der Waals surface area contributed by atoms with Crippen molar-refractivity contribution >= 4 is 5.57 Å². The van der Waals surface area contributed by atoms with Crippen molar-refractivity contribution in [3.63, 3.8) is 0 Å². The first-order chi connectivity index (χ1) is 12.0. The normalized spacial score (nSPS) is 13.8. The predicted molar refractivity (Wildman–Crippen MR) is 95.7 cm³/mol. The topological polar surface area (TPSA) is 24.5 Å². The maximum Gasteiger partial charge on any atom is 0.127 e. The molecule has 0 atom stereocenters. The highest BCUT2D eigenvalue weighted by Gasteiger charge is 2.22. The Balaban J connectivity index is 1.96. The number of nitrogens with zero attached hydrogens (tertiary/aromatic N) is 1. The van der Waals surface area contributed by atoms with Crippen molar-refractivity contribution in [2.45, 2.75) is 0 Å². The molecule has 0 saturated heterocycles. The first-order valence-corrected chi connectivity index (χ1v) is 8.31. The summed E-state index contributed by atoms with van der Waals surface area (Å²) in [5, 5.41) is 3.40. The second-order valence-corrected chi connectivity index (χ2v) is 6.39. The van der Waals surface area contributed by atoms with E-state index in [4.69, 9.17) is 4.74 Å². The number of hydrogen-bond acceptors (Lipinski definition) is 3. The van der Waals surface area contributed by atoms with Gasteiger partial charge in [-0.1, -0.05) is 12.1 Å². The van der Waals surface area contributed by atoms with E-state index in [9.17, 15) is 8.78 Å². The van der Waals surface area contributed by atoms with Gasteiger partial charge >= 0.3 is 0 Å². The Hall–Kier alpha value is -2.24. The summed E-state index contributed by atoms with van der Waals surface area (Å²) < 4.78 is 32.9. The standard InChI is InChI=1S/C20H22F2N2O/c1-24(2)10-9-23-12-15-13-25-19-8-7-17(22)11-18(19)20(15)14-3-5-16(21)6-4-14/h3-8,11,23H,9-10,12-13H2,1-2H3. The molecule has 0 amide bonds. The van der Waals surface area contributed by atoms with Crippen LogP contribution in [0.15, 0.2) is 48.0 Å². The van der Waals surface area contributed by atoms with Gasteiger partial charge in [0, 0.05) is 25.2 Å². The molecule has 0 spiro atoms. The fraction of sp³-hybridized carbons (Fsp3) is 0.300. The number of halogens is 2. The number of fused-ring (bicyclic) bond motifs is 1. The number of ether oxygens (including phenoxy) is 1. The predicted octanol–water partition coefficient (Wildman–Crippen LogP) is 3.31. The van der Waals surface area contributed by atoms with Crippen LogP contribution in [0.3, 0.4) is 0 Å². The SMILES string of the molecule is CN(C)CCNCC1=C(c2ccc(F)cc2)c2cc(F)ccc2OC1. The number of benzene rings is 2. The van der Waals surface area contributed by atoms with Crippen molar-refractivity contribution in [1.29, 1.82) is 0 Å². The van der Waals surface area contributed by atoms with E-state index in [1.54, 1.807) is 18.2 Å². The summed E-state index contributed by atoms with van der Waals surface area (Å²) >= 11 is 0. The van der Waals surface area contributed by atoms with Gasteiger partial charge in [0.25, 0.3) is 0 Å². The van der Waals surface area contributed by atoms with Gasteiger partial charge in [-0.3, -0.25) is 0 Å². The third-order valence-corrected chi connectivity index (χ3v) is 4.17. The molecular formula is C20H22F2N2O. The highest BCUT2D eigenvalue weighted by Crippen LogP contribution is 2.37. The number of rotatable bonds is 6. The molecule has 5 heteroatoms. The van der Waals surface area contributed by atoms with E-state index in [0.29, 0.717) is 24.5 Å². The number of nitrogens with one attached hydrogen (secondary N) is 1. The minimum absolute atomic E-state index is 0.290. The molecule has 0 unspecified atom stereocenters. The van der Waals surface area contributed by atoms with E-state index in [1.807, 2.05) is 14.1 Å². The second-order valence-electron chi connectivity index (χ2n) is 6.39. The zero-order chi connectivity index (χ0) is 17.8. The molecule has 1 aliphatic rings. The van der Waals surface area contributed by atoms with Crippen LogP contribution in [0.4, 0.5) is 8.78 Å². The summed E-state index contributed by atoms with van der Waals surface area (Å²) in [5.41, 5.74) is 3.52. The Morgan fingerprint density at radius 1 is 1.04 bits per heavy atom. The highest BCUT2D eigenvalue weighted by atomic mass is 19.1. The lowest BCUT2D eigenvalue weighted by molar-refractivity contribution is 0.339. The van der Waals surface area contributed by atoms with E-state index in [2.05, 4.69) is 10.2 Å². The zero-order valence-electron chi connectivity index (χ0n) is 14.5. The van der Waals surface area contributed by atoms with Crippen molar-refractivity contribution in [2.75, 3.05) is 40.3 Å². The van der Waals surface area contributed by atoms with Crippen LogP contribution in [0.1, 0.15) is 11.1 Å². The monoisotopic (exact) mass is 344 g/mol. The Morgan fingerprint density at radius 3 is 2.48 bits per heavy atom. The van der Waals surface area contributed by atoms with Crippen LogP contribution < -0.4 is 10.1 Å². The zero-order valence-corrected chi connectivity index (χ0v) is 14.5. The maximum absolute atomic E-state index is 13.8. The van der Waals surface area contributed by atoms with Crippen molar-refractivity contribution in [3.05, 3.63) is 70.8 Å². The third kappa shape index (κ3) is 4.24. The van der Waals surface area contributed by atoms with Gasteiger partial charge in [0.1, 0.15) is 24.0 Å². The van der Waals surface area contributed by atoms with Gasteiger partial charge in [-0.2, -0.15) is 0 Å². The molecule has 3 nitrogen and oxygen atoms in total. The van der Waals surface area contributed by atoms with Crippen LogP contribution in [-0.2, 0) is 0 Å². The first-order valence-electron chi connectivity index (χ1n) is 8.31. The first kappa shape index (κ1) is 17.6. The van der Waals surface area contributed by atoms with E-state index in [0.717, 1.165) is 29.8 Å². The van der Waals surface area contributed by atoms with Gasteiger partial charge in [-0.05, 0) is 61.1 Å². The summed E-state index contributed by atoms with van der Waals surface area (Å²) in [6.45, 7) is 2.82. The van der Waals surface area contributed by atoms with Crippen LogP contribution in [0.5, 0.6) is 5.75 Å². The lowest BCUT2D eigenvalue weighted by Crippen LogP contribution is -2.30. The Labute approximate surface area is 146 Å². The molecular weight excluding hydrogens is 322 g/mol. The Bertz CT molecular complexity index is 770. The molecule has 0 fully saturated rings. The number of hydrogen-bond donors (Lipinski definition) is 1. The molecule has 0 aliphatic carbocycles. The molecule has 0 aromatic heterocycles. The largest absolute Gasteiger partial charge is 0.489 e. The lowest BCUT2D eigenvalue weighted by atomic mass is 9.90.